The minimum Gasteiger partial charge on any atom is -0.365 e. The predicted molar refractivity (Wildman–Crippen MR) is 73.9 cm³/mol. The molecule has 1 radical (unpaired) electrons. The van der Waals surface area contributed by atoms with Crippen molar-refractivity contribution < 1.29 is 14.6 Å². The van der Waals surface area contributed by atoms with Gasteiger partial charge in [-0.2, -0.15) is 0 Å². The molecule has 5 heteroatoms. The summed E-state index contributed by atoms with van der Waals surface area (Å²) in [7, 11) is 0. The molecular weight excluding hydrogens is 254 g/mol. The first-order valence-electron chi connectivity index (χ1n) is 6.63. The van der Waals surface area contributed by atoms with Crippen LogP contribution in [-0.2, 0) is 11.8 Å². The van der Waals surface area contributed by atoms with Gasteiger partial charge in [0.1, 0.15) is 5.56 Å². The van der Waals surface area contributed by atoms with Gasteiger partial charge in [0.05, 0.1) is 11.1 Å². The maximum absolute atomic E-state index is 12.3. The van der Waals surface area contributed by atoms with Gasteiger partial charge >= 0.3 is 0 Å². The second kappa shape index (κ2) is 4.68. The largest absolute Gasteiger partial charge is 0.365 e. The van der Waals surface area contributed by atoms with Gasteiger partial charge in [0.25, 0.3) is 5.91 Å². The monoisotopic (exact) mass is 275 g/mol. The summed E-state index contributed by atoms with van der Waals surface area (Å²) < 4.78 is 1.88. The first-order chi connectivity index (χ1) is 9.14. The van der Waals surface area contributed by atoms with E-state index in [1.165, 1.54) is 0 Å². The molecule has 0 bridgehead atoms. The molecule has 0 fully saturated rings. The van der Waals surface area contributed by atoms with Gasteiger partial charge < -0.3 is 5.73 Å². The highest BCUT2D eigenvalue weighted by molar-refractivity contribution is 5.92. The average molecular weight is 275 g/mol. The molecule has 0 unspecified atom stereocenters. The standard InChI is InChI=1S/C15H20N3O2/c1-14(2)8-12(15(3,4)18(14)20)10-17-7-5-6-11(9-17)13(16)19/h5-9H,10H2,1-4H3,(H-,16,19)/p+1. The lowest BCUT2D eigenvalue weighted by Crippen LogP contribution is -2.48. The molecule has 0 saturated heterocycles. The van der Waals surface area contributed by atoms with Crippen LogP contribution in [0.25, 0.3) is 0 Å². The summed E-state index contributed by atoms with van der Waals surface area (Å²) >= 11 is 0. The molecule has 0 atom stereocenters. The van der Waals surface area contributed by atoms with E-state index in [2.05, 4.69) is 0 Å². The van der Waals surface area contributed by atoms with Crippen molar-refractivity contribution in [3.05, 3.63) is 41.7 Å². The first-order valence-corrected chi connectivity index (χ1v) is 6.63. The quantitative estimate of drug-likeness (QED) is 0.665. The number of nitrogens with two attached hydrogens (primary N) is 1. The van der Waals surface area contributed by atoms with Crippen LogP contribution in [0, 0.1) is 0 Å². The van der Waals surface area contributed by atoms with E-state index in [-0.39, 0.29) is 0 Å². The van der Waals surface area contributed by atoms with Gasteiger partial charge in [-0.05, 0) is 33.8 Å². The van der Waals surface area contributed by atoms with E-state index in [4.69, 9.17) is 5.73 Å². The summed E-state index contributed by atoms with van der Waals surface area (Å²) in [6.07, 6.45) is 5.58. The number of hydroxylamine groups is 2. The number of amides is 1. The summed E-state index contributed by atoms with van der Waals surface area (Å²) in [5, 5.41) is 13.4. The molecule has 2 heterocycles. The van der Waals surface area contributed by atoms with Crippen molar-refractivity contribution in [3.63, 3.8) is 0 Å². The van der Waals surface area contributed by atoms with Gasteiger partial charge in [0.15, 0.2) is 18.9 Å². The van der Waals surface area contributed by atoms with Gasteiger partial charge in [0, 0.05) is 11.6 Å². The number of pyridine rings is 1. The van der Waals surface area contributed by atoms with Gasteiger partial charge in [-0.25, -0.2) is 4.57 Å². The van der Waals surface area contributed by atoms with Crippen molar-refractivity contribution in [2.45, 2.75) is 45.3 Å². The van der Waals surface area contributed by atoms with Crippen LogP contribution >= 0.6 is 0 Å². The number of carbonyl (C=O) groups excluding carboxylic acids is 1. The van der Waals surface area contributed by atoms with Gasteiger partial charge in [-0.1, -0.05) is 6.08 Å². The molecule has 0 aliphatic carbocycles. The molecule has 1 aromatic heterocycles. The highest BCUT2D eigenvalue weighted by Gasteiger charge is 2.47. The van der Waals surface area contributed by atoms with Crippen molar-refractivity contribution >= 4 is 5.91 Å². The molecule has 1 aliphatic rings. The van der Waals surface area contributed by atoms with Crippen LogP contribution in [0.2, 0.25) is 0 Å². The first kappa shape index (κ1) is 14.7. The van der Waals surface area contributed by atoms with Gasteiger partial charge in [-0.15, -0.1) is 10.3 Å². The van der Waals surface area contributed by atoms with E-state index in [0.717, 1.165) is 10.6 Å². The Morgan fingerprint density at radius 2 is 2.00 bits per heavy atom. The summed E-state index contributed by atoms with van der Waals surface area (Å²) in [5.74, 6) is -0.454. The van der Waals surface area contributed by atoms with E-state index in [1.807, 2.05) is 44.5 Å². The van der Waals surface area contributed by atoms with Crippen molar-refractivity contribution in [1.29, 1.82) is 0 Å². The number of nitrogens with zero attached hydrogens (tertiary/aromatic N) is 2. The summed E-state index contributed by atoms with van der Waals surface area (Å²) in [6.45, 7) is 8.20. The summed E-state index contributed by atoms with van der Waals surface area (Å²) in [5.41, 5.74) is 5.71. The SMILES string of the molecule is CC1(C)C=C(C[n+]2cccc(C(N)=O)c2)C(C)(C)N1[O]. The Kier molecular flexibility index (Phi) is 3.44. The van der Waals surface area contributed by atoms with E-state index >= 15 is 0 Å². The fourth-order valence-corrected chi connectivity index (χ4v) is 2.71. The minimum atomic E-state index is -0.556. The number of rotatable bonds is 3. The summed E-state index contributed by atoms with van der Waals surface area (Å²) in [4.78, 5) is 11.2. The normalized spacial score (nSPS) is 20.8. The Labute approximate surface area is 119 Å². The van der Waals surface area contributed by atoms with E-state index in [0.29, 0.717) is 12.1 Å². The topological polar surface area (TPSA) is 70.1 Å². The smallest absolute Gasteiger partial charge is 0.254 e. The average Bonchev–Trinajstić information content (AvgIpc) is 2.50. The molecule has 0 spiro atoms. The van der Waals surface area contributed by atoms with E-state index in [9.17, 15) is 10.0 Å². The number of hydrogen-bond acceptors (Lipinski definition) is 2. The Balaban J connectivity index is 2.31. The zero-order valence-corrected chi connectivity index (χ0v) is 12.4. The van der Waals surface area contributed by atoms with Gasteiger partial charge in [-0.3, -0.25) is 4.79 Å². The molecule has 0 saturated carbocycles. The highest BCUT2D eigenvalue weighted by atomic mass is 16.5. The zero-order valence-electron chi connectivity index (χ0n) is 12.4. The third-order valence-corrected chi connectivity index (χ3v) is 3.84. The maximum Gasteiger partial charge on any atom is 0.254 e. The molecule has 1 aliphatic heterocycles. The molecule has 2 rings (SSSR count). The van der Waals surface area contributed by atoms with Crippen LogP contribution in [0.15, 0.2) is 36.2 Å². The Hall–Kier alpha value is -1.72. The van der Waals surface area contributed by atoms with Crippen LogP contribution in [0.3, 0.4) is 0 Å². The fourth-order valence-electron chi connectivity index (χ4n) is 2.71. The maximum atomic E-state index is 12.3. The molecular formula is C15H21N3O2+. The number of aromatic nitrogens is 1. The van der Waals surface area contributed by atoms with Crippen LogP contribution in [-0.4, -0.2) is 22.0 Å². The molecule has 5 nitrogen and oxygen atoms in total. The van der Waals surface area contributed by atoms with Crippen molar-refractivity contribution in [2.24, 2.45) is 5.73 Å². The molecule has 0 aromatic carbocycles. The van der Waals surface area contributed by atoms with Crippen LogP contribution < -0.4 is 10.3 Å². The summed E-state index contributed by atoms with van der Waals surface area (Å²) in [6, 6.07) is 3.46. The number of carbonyl (C=O) groups is 1. The van der Waals surface area contributed by atoms with E-state index < -0.39 is 17.0 Å². The van der Waals surface area contributed by atoms with Crippen molar-refractivity contribution in [3.8, 4) is 0 Å². The van der Waals surface area contributed by atoms with Gasteiger partial charge in [0.2, 0.25) is 0 Å². The molecule has 1 aromatic rings. The zero-order chi connectivity index (χ0) is 15.1. The molecule has 2 N–H and O–H groups in total. The molecule has 20 heavy (non-hydrogen) atoms. The fraction of sp³-hybridized carbons (Fsp3) is 0.467. The Morgan fingerprint density at radius 1 is 1.35 bits per heavy atom. The van der Waals surface area contributed by atoms with Crippen LogP contribution in [0.5, 0.6) is 0 Å². The molecule has 107 valence electrons. The van der Waals surface area contributed by atoms with Crippen molar-refractivity contribution in [2.75, 3.05) is 0 Å². The lowest BCUT2D eigenvalue weighted by Gasteiger charge is -2.33. The predicted octanol–water partition coefficient (Wildman–Crippen LogP) is 1.22. The number of hydrogen-bond donors (Lipinski definition) is 1. The lowest BCUT2D eigenvalue weighted by molar-refractivity contribution is -0.690. The van der Waals surface area contributed by atoms with Crippen LogP contribution in [0.4, 0.5) is 0 Å². The highest BCUT2D eigenvalue weighted by Crippen LogP contribution is 2.38. The van der Waals surface area contributed by atoms with E-state index in [1.54, 1.807) is 18.3 Å². The minimum absolute atomic E-state index is 0.454. The third kappa shape index (κ3) is 2.46. The second-order valence-corrected chi connectivity index (χ2v) is 6.31. The van der Waals surface area contributed by atoms with Crippen molar-refractivity contribution in [1.82, 2.24) is 5.06 Å². The second-order valence-electron chi connectivity index (χ2n) is 6.31. The third-order valence-electron chi connectivity index (χ3n) is 3.84. The van der Waals surface area contributed by atoms with Crippen LogP contribution in [0.1, 0.15) is 38.1 Å². The molecule has 1 amide bonds. The Bertz CT molecular complexity index is 576. The Morgan fingerprint density at radius 3 is 2.50 bits per heavy atom. The lowest BCUT2D eigenvalue weighted by atomic mass is 9.96. The number of primary amides is 1.